The molecule has 3 rings (SSSR count). The van der Waals surface area contributed by atoms with Crippen molar-refractivity contribution >= 4 is 0 Å². The van der Waals surface area contributed by atoms with Gasteiger partial charge in [-0.2, -0.15) is 0 Å². The summed E-state index contributed by atoms with van der Waals surface area (Å²) < 4.78 is 11.2. The average molecular weight is 285 g/mol. The van der Waals surface area contributed by atoms with E-state index in [0.717, 1.165) is 50.8 Å². The molecule has 2 aromatic rings. The number of furan rings is 1. The zero-order valence-corrected chi connectivity index (χ0v) is 12.7. The molecule has 0 amide bonds. The fourth-order valence-corrected chi connectivity index (χ4v) is 2.88. The van der Waals surface area contributed by atoms with Crippen LogP contribution < -0.4 is 0 Å². The van der Waals surface area contributed by atoms with Crippen molar-refractivity contribution in [1.82, 2.24) is 4.90 Å². The fraction of sp³-hybridized carbons (Fsp3) is 0.444. The lowest BCUT2D eigenvalue weighted by Crippen LogP contribution is -2.36. The number of rotatable bonds is 5. The maximum atomic E-state index is 5.78. The first kappa shape index (κ1) is 14.4. The number of benzene rings is 1. The van der Waals surface area contributed by atoms with E-state index >= 15 is 0 Å². The highest BCUT2D eigenvalue weighted by atomic mass is 16.5. The summed E-state index contributed by atoms with van der Waals surface area (Å²) in [6, 6.07) is 12.7. The van der Waals surface area contributed by atoms with Crippen LogP contribution in [-0.4, -0.2) is 37.7 Å². The van der Waals surface area contributed by atoms with Gasteiger partial charge in [-0.1, -0.05) is 24.3 Å². The predicted molar refractivity (Wildman–Crippen MR) is 84.5 cm³/mol. The standard InChI is InChI=1S/C18H23NO2/c1-15-8-9-18(21-15)17-7-3-2-5-16(17)6-4-10-19-11-13-20-14-12-19/h2-3,5,7-9H,4,6,10-14H2,1H3. The Hall–Kier alpha value is -1.58. The molecule has 112 valence electrons. The second-order valence-corrected chi connectivity index (χ2v) is 5.63. The van der Waals surface area contributed by atoms with Crippen LogP contribution in [0.2, 0.25) is 0 Å². The van der Waals surface area contributed by atoms with E-state index in [1.165, 1.54) is 17.5 Å². The molecule has 0 bridgehead atoms. The number of nitrogens with zero attached hydrogens (tertiary/aromatic N) is 1. The van der Waals surface area contributed by atoms with Gasteiger partial charge in [0.15, 0.2) is 0 Å². The van der Waals surface area contributed by atoms with Gasteiger partial charge in [0.1, 0.15) is 11.5 Å². The van der Waals surface area contributed by atoms with Crippen LogP contribution in [0.1, 0.15) is 17.7 Å². The Balaban J connectivity index is 1.62. The van der Waals surface area contributed by atoms with Crippen LogP contribution in [0.25, 0.3) is 11.3 Å². The molecule has 3 nitrogen and oxygen atoms in total. The summed E-state index contributed by atoms with van der Waals surface area (Å²) in [5, 5.41) is 0. The van der Waals surface area contributed by atoms with Crippen molar-refractivity contribution < 1.29 is 9.15 Å². The quantitative estimate of drug-likeness (QED) is 0.840. The van der Waals surface area contributed by atoms with E-state index in [2.05, 4.69) is 35.2 Å². The highest BCUT2D eigenvalue weighted by Crippen LogP contribution is 2.26. The van der Waals surface area contributed by atoms with Crippen molar-refractivity contribution in [3.63, 3.8) is 0 Å². The summed E-state index contributed by atoms with van der Waals surface area (Å²) in [5.74, 6) is 1.95. The SMILES string of the molecule is Cc1ccc(-c2ccccc2CCCN2CCOCC2)o1. The molecule has 0 aliphatic carbocycles. The molecule has 3 heteroatoms. The maximum absolute atomic E-state index is 5.78. The topological polar surface area (TPSA) is 25.6 Å². The summed E-state index contributed by atoms with van der Waals surface area (Å²) in [5.41, 5.74) is 2.60. The molecule has 1 fully saturated rings. The normalized spacial score (nSPS) is 16.2. The van der Waals surface area contributed by atoms with Gasteiger partial charge >= 0.3 is 0 Å². The molecule has 0 atom stereocenters. The molecule has 1 aliphatic rings. The van der Waals surface area contributed by atoms with Gasteiger partial charge in [-0.25, -0.2) is 0 Å². The van der Waals surface area contributed by atoms with E-state index in [-0.39, 0.29) is 0 Å². The molecule has 0 radical (unpaired) electrons. The van der Waals surface area contributed by atoms with Crippen molar-refractivity contribution in [2.45, 2.75) is 19.8 Å². The zero-order valence-electron chi connectivity index (χ0n) is 12.7. The molecule has 1 aromatic carbocycles. The summed E-state index contributed by atoms with van der Waals surface area (Å²) in [7, 11) is 0. The summed E-state index contributed by atoms with van der Waals surface area (Å²) >= 11 is 0. The van der Waals surface area contributed by atoms with Crippen molar-refractivity contribution in [2.24, 2.45) is 0 Å². The first-order valence-electron chi connectivity index (χ1n) is 7.78. The molecule has 1 aliphatic heterocycles. The minimum atomic E-state index is 0.877. The number of morpholine rings is 1. The van der Waals surface area contributed by atoms with Crippen LogP contribution in [-0.2, 0) is 11.2 Å². The van der Waals surface area contributed by atoms with Crippen molar-refractivity contribution in [3.8, 4) is 11.3 Å². The van der Waals surface area contributed by atoms with Gasteiger partial charge in [0.2, 0.25) is 0 Å². The van der Waals surface area contributed by atoms with E-state index in [1.807, 2.05) is 13.0 Å². The average Bonchev–Trinajstić information content (AvgIpc) is 2.95. The lowest BCUT2D eigenvalue weighted by Gasteiger charge is -2.26. The molecule has 2 heterocycles. The van der Waals surface area contributed by atoms with Crippen LogP contribution in [0.5, 0.6) is 0 Å². The first-order chi connectivity index (χ1) is 10.3. The van der Waals surface area contributed by atoms with E-state index in [9.17, 15) is 0 Å². The van der Waals surface area contributed by atoms with Gasteiger partial charge in [-0.15, -0.1) is 0 Å². The molecule has 0 saturated carbocycles. The highest BCUT2D eigenvalue weighted by molar-refractivity contribution is 5.62. The second-order valence-electron chi connectivity index (χ2n) is 5.63. The Bertz CT molecular complexity index is 570. The van der Waals surface area contributed by atoms with Gasteiger partial charge in [-0.05, 0) is 44.0 Å². The number of ether oxygens (including phenoxy) is 1. The molecule has 0 N–H and O–H groups in total. The van der Waals surface area contributed by atoms with Gasteiger partial charge in [0.05, 0.1) is 13.2 Å². The third-order valence-electron chi connectivity index (χ3n) is 4.05. The highest BCUT2D eigenvalue weighted by Gasteiger charge is 2.11. The van der Waals surface area contributed by atoms with Crippen molar-refractivity contribution in [2.75, 3.05) is 32.8 Å². The van der Waals surface area contributed by atoms with Crippen LogP contribution >= 0.6 is 0 Å². The monoisotopic (exact) mass is 285 g/mol. The van der Waals surface area contributed by atoms with E-state index in [1.54, 1.807) is 0 Å². The largest absolute Gasteiger partial charge is 0.461 e. The lowest BCUT2D eigenvalue weighted by molar-refractivity contribution is 0.0375. The Morgan fingerprint density at radius 3 is 2.62 bits per heavy atom. The van der Waals surface area contributed by atoms with Crippen LogP contribution in [0.4, 0.5) is 0 Å². The van der Waals surface area contributed by atoms with Crippen LogP contribution in [0, 0.1) is 6.92 Å². The summed E-state index contributed by atoms with van der Waals surface area (Å²) in [6.45, 7) is 7.03. The molecule has 1 saturated heterocycles. The molecule has 21 heavy (non-hydrogen) atoms. The smallest absolute Gasteiger partial charge is 0.134 e. The van der Waals surface area contributed by atoms with Gasteiger partial charge < -0.3 is 9.15 Å². The van der Waals surface area contributed by atoms with Crippen molar-refractivity contribution in [3.05, 3.63) is 47.7 Å². The number of hydrogen-bond donors (Lipinski definition) is 0. The van der Waals surface area contributed by atoms with Crippen LogP contribution in [0.15, 0.2) is 40.8 Å². The first-order valence-corrected chi connectivity index (χ1v) is 7.78. The number of hydrogen-bond acceptors (Lipinski definition) is 3. The number of aryl methyl sites for hydroxylation is 2. The maximum Gasteiger partial charge on any atom is 0.134 e. The van der Waals surface area contributed by atoms with Crippen molar-refractivity contribution in [1.29, 1.82) is 0 Å². The van der Waals surface area contributed by atoms with E-state index in [0.29, 0.717) is 0 Å². The molecular weight excluding hydrogens is 262 g/mol. The second kappa shape index (κ2) is 6.92. The van der Waals surface area contributed by atoms with Crippen LogP contribution in [0.3, 0.4) is 0 Å². The fourth-order valence-electron chi connectivity index (χ4n) is 2.88. The third-order valence-corrected chi connectivity index (χ3v) is 4.05. The minimum absolute atomic E-state index is 0.877. The Morgan fingerprint density at radius 2 is 1.86 bits per heavy atom. The molecular formula is C18H23NO2. The predicted octanol–water partition coefficient (Wildman–Crippen LogP) is 3.52. The van der Waals surface area contributed by atoms with Gasteiger partial charge in [-0.3, -0.25) is 4.90 Å². The van der Waals surface area contributed by atoms with E-state index in [4.69, 9.17) is 9.15 Å². The Labute approximate surface area is 126 Å². The summed E-state index contributed by atoms with van der Waals surface area (Å²) in [4.78, 5) is 2.49. The Kier molecular flexibility index (Phi) is 4.73. The third kappa shape index (κ3) is 3.74. The van der Waals surface area contributed by atoms with Gasteiger partial charge in [0, 0.05) is 18.7 Å². The molecule has 0 unspecified atom stereocenters. The van der Waals surface area contributed by atoms with E-state index < -0.39 is 0 Å². The lowest BCUT2D eigenvalue weighted by atomic mass is 10.0. The van der Waals surface area contributed by atoms with Gasteiger partial charge in [0.25, 0.3) is 0 Å². The molecule has 0 spiro atoms. The Morgan fingerprint density at radius 1 is 1.05 bits per heavy atom. The molecule has 1 aromatic heterocycles. The summed E-state index contributed by atoms with van der Waals surface area (Å²) in [6.07, 6.45) is 2.27. The zero-order chi connectivity index (χ0) is 14.5. The minimum Gasteiger partial charge on any atom is -0.461 e.